The van der Waals surface area contributed by atoms with E-state index in [-0.39, 0.29) is 0 Å². The first kappa shape index (κ1) is 17.0. The smallest absolute Gasteiger partial charge is 0.115 e. The molecule has 0 aromatic heterocycles. The van der Waals surface area contributed by atoms with Crippen molar-refractivity contribution in [3.8, 4) is 5.75 Å². The van der Waals surface area contributed by atoms with Crippen LogP contribution in [-0.2, 0) is 6.42 Å². The van der Waals surface area contributed by atoms with Gasteiger partial charge in [0.2, 0.25) is 0 Å². The van der Waals surface area contributed by atoms with E-state index in [4.69, 9.17) is 0 Å². The Morgan fingerprint density at radius 1 is 0.800 bits per heavy atom. The molecule has 0 amide bonds. The summed E-state index contributed by atoms with van der Waals surface area (Å²) < 4.78 is 0. The highest BCUT2D eigenvalue weighted by atomic mass is 16.3. The Balaban J connectivity index is 1.84. The van der Waals surface area contributed by atoms with Gasteiger partial charge in [-0.05, 0) is 43.6 Å². The second kappa shape index (κ2) is 11.8. The average Bonchev–Trinajstić information content (AvgIpc) is 2.47. The maximum absolute atomic E-state index is 9.20. The number of phenolic OH excluding ortho intramolecular Hbond substituents is 1. The second-order valence-electron chi connectivity index (χ2n) is 5.64. The number of hydrogen-bond acceptors (Lipinski definition) is 2. The van der Waals surface area contributed by atoms with Gasteiger partial charge in [-0.1, -0.05) is 64.0 Å². The number of nitrogens with one attached hydrogen (secondary N) is 1. The molecule has 1 rings (SSSR count). The number of phenols is 1. The number of benzene rings is 1. The number of aromatic hydroxyl groups is 1. The highest BCUT2D eigenvalue weighted by Gasteiger charge is 1.94. The minimum atomic E-state index is 0.348. The van der Waals surface area contributed by atoms with Crippen LogP contribution >= 0.6 is 0 Å². The van der Waals surface area contributed by atoms with E-state index < -0.39 is 0 Å². The van der Waals surface area contributed by atoms with Crippen molar-refractivity contribution in [3.63, 3.8) is 0 Å². The van der Waals surface area contributed by atoms with Gasteiger partial charge in [0.15, 0.2) is 0 Å². The van der Waals surface area contributed by atoms with E-state index >= 15 is 0 Å². The molecule has 2 heteroatoms. The first-order chi connectivity index (χ1) is 9.83. The Morgan fingerprint density at radius 3 is 2.05 bits per heavy atom. The zero-order chi connectivity index (χ0) is 14.5. The van der Waals surface area contributed by atoms with Gasteiger partial charge in [-0.2, -0.15) is 0 Å². The van der Waals surface area contributed by atoms with E-state index in [1.165, 1.54) is 56.9 Å². The second-order valence-corrected chi connectivity index (χ2v) is 5.64. The summed E-state index contributed by atoms with van der Waals surface area (Å²) in [4.78, 5) is 0. The lowest BCUT2D eigenvalue weighted by atomic mass is 10.1. The van der Waals surface area contributed by atoms with Crippen LogP contribution < -0.4 is 5.32 Å². The Morgan fingerprint density at radius 2 is 1.40 bits per heavy atom. The van der Waals surface area contributed by atoms with Crippen LogP contribution in [0.25, 0.3) is 0 Å². The largest absolute Gasteiger partial charge is 0.508 e. The lowest BCUT2D eigenvalue weighted by molar-refractivity contribution is 0.475. The van der Waals surface area contributed by atoms with Crippen LogP contribution in [0.15, 0.2) is 24.3 Å². The van der Waals surface area contributed by atoms with Crippen LogP contribution in [0.1, 0.15) is 63.9 Å². The standard InChI is InChI=1S/C18H31NO/c1-2-3-4-5-6-7-8-9-15-19-16-14-17-10-12-18(20)13-11-17/h10-13,19-20H,2-9,14-16H2,1H3. The van der Waals surface area contributed by atoms with Crippen molar-refractivity contribution in [3.05, 3.63) is 29.8 Å². The van der Waals surface area contributed by atoms with E-state index in [9.17, 15) is 5.11 Å². The van der Waals surface area contributed by atoms with Crippen LogP contribution in [0.2, 0.25) is 0 Å². The maximum Gasteiger partial charge on any atom is 0.115 e. The Kier molecular flexibility index (Phi) is 10.0. The Labute approximate surface area is 124 Å². The SMILES string of the molecule is CCCCCCCCCCNCCc1ccc(O)cc1. The lowest BCUT2D eigenvalue weighted by Crippen LogP contribution is -2.18. The van der Waals surface area contributed by atoms with Crippen molar-refractivity contribution in [2.24, 2.45) is 0 Å². The molecule has 0 aliphatic heterocycles. The highest BCUT2D eigenvalue weighted by Crippen LogP contribution is 2.10. The monoisotopic (exact) mass is 277 g/mol. The van der Waals surface area contributed by atoms with Crippen molar-refractivity contribution in [2.45, 2.75) is 64.7 Å². The third-order valence-electron chi connectivity index (χ3n) is 3.73. The molecule has 0 saturated heterocycles. The van der Waals surface area contributed by atoms with E-state index in [1.54, 1.807) is 12.1 Å². The van der Waals surface area contributed by atoms with Crippen molar-refractivity contribution in [1.82, 2.24) is 5.32 Å². The molecule has 0 aliphatic rings. The van der Waals surface area contributed by atoms with Crippen molar-refractivity contribution in [1.29, 1.82) is 0 Å². The summed E-state index contributed by atoms with van der Waals surface area (Å²) >= 11 is 0. The number of unbranched alkanes of at least 4 members (excludes halogenated alkanes) is 7. The Bertz CT molecular complexity index is 321. The van der Waals surface area contributed by atoms with E-state index in [1.807, 2.05) is 12.1 Å². The highest BCUT2D eigenvalue weighted by molar-refractivity contribution is 5.25. The zero-order valence-electron chi connectivity index (χ0n) is 13.0. The van der Waals surface area contributed by atoms with Gasteiger partial charge in [0, 0.05) is 0 Å². The minimum absolute atomic E-state index is 0.348. The summed E-state index contributed by atoms with van der Waals surface area (Å²) in [7, 11) is 0. The molecule has 0 radical (unpaired) electrons. The third kappa shape index (κ3) is 8.98. The first-order valence-corrected chi connectivity index (χ1v) is 8.31. The molecular formula is C18H31NO. The van der Waals surface area contributed by atoms with Gasteiger partial charge in [-0.25, -0.2) is 0 Å². The average molecular weight is 277 g/mol. The summed E-state index contributed by atoms with van der Waals surface area (Å²) in [6.45, 7) is 4.43. The van der Waals surface area contributed by atoms with E-state index in [0.29, 0.717) is 5.75 Å². The van der Waals surface area contributed by atoms with Crippen molar-refractivity contribution in [2.75, 3.05) is 13.1 Å². The molecule has 0 spiro atoms. The predicted octanol–water partition coefficient (Wildman–Crippen LogP) is 4.67. The van der Waals surface area contributed by atoms with E-state index in [0.717, 1.165) is 19.5 Å². The van der Waals surface area contributed by atoms with E-state index in [2.05, 4.69) is 12.2 Å². The molecule has 0 fully saturated rings. The summed E-state index contributed by atoms with van der Waals surface area (Å²) in [6.07, 6.45) is 12.1. The molecule has 0 aliphatic carbocycles. The summed E-state index contributed by atoms with van der Waals surface area (Å²) in [5.41, 5.74) is 1.28. The van der Waals surface area contributed by atoms with Crippen molar-refractivity contribution >= 4 is 0 Å². The molecular weight excluding hydrogens is 246 g/mol. The summed E-state index contributed by atoms with van der Waals surface area (Å²) in [5, 5.41) is 12.7. The predicted molar refractivity (Wildman–Crippen MR) is 87.3 cm³/mol. The molecule has 2 N–H and O–H groups in total. The van der Waals surface area contributed by atoms with Gasteiger partial charge in [0.1, 0.15) is 5.75 Å². The Hall–Kier alpha value is -1.02. The number of rotatable bonds is 12. The van der Waals surface area contributed by atoms with Crippen molar-refractivity contribution < 1.29 is 5.11 Å². The minimum Gasteiger partial charge on any atom is -0.508 e. The van der Waals surface area contributed by atoms with Gasteiger partial charge >= 0.3 is 0 Å². The van der Waals surface area contributed by atoms with Crippen LogP contribution in [-0.4, -0.2) is 18.2 Å². The van der Waals surface area contributed by atoms with Crippen LogP contribution in [0, 0.1) is 0 Å². The molecule has 2 nitrogen and oxygen atoms in total. The number of hydrogen-bond donors (Lipinski definition) is 2. The molecule has 0 heterocycles. The van der Waals surface area contributed by atoms with Gasteiger partial charge in [-0.15, -0.1) is 0 Å². The van der Waals surface area contributed by atoms with Crippen LogP contribution in [0.4, 0.5) is 0 Å². The first-order valence-electron chi connectivity index (χ1n) is 8.31. The summed E-state index contributed by atoms with van der Waals surface area (Å²) in [5.74, 6) is 0.348. The fraction of sp³-hybridized carbons (Fsp3) is 0.667. The molecule has 0 atom stereocenters. The molecule has 1 aromatic rings. The fourth-order valence-corrected chi connectivity index (χ4v) is 2.40. The van der Waals surface area contributed by atoms with Gasteiger partial charge < -0.3 is 10.4 Å². The van der Waals surface area contributed by atoms with Crippen LogP contribution in [0.3, 0.4) is 0 Å². The van der Waals surface area contributed by atoms with Gasteiger partial charge in [0.05, 0.1) is 0 Å². The topological polar surface area (TPSA) is 32.3 Å². The normalized spacial score (nSPS) is 10.8. The molecule has 114 valence electrons. The fourth-order valence-electron chi connectivity index (χ4n) is 2.40. The molecule has 1 aromatic carbocycles. The van der Waals surface area contributed by atoms with Gasteiger partial charge in [-0.3, -0.25) is 0 Å². The van der Waals surface area contributed by atoms with Gasteiger partial charge in [0.25, 0.3) is 0 Å². The third-order valence-corrected chi connectivity index (χ3v) is 3.73. The lowest BCUT2D eigenvalue weighted by Gasteiger charge is -2.05. The molecule has 0 saturated carbocycles. The quantitative estimate of drug-likeness (QED) is 0.544. The molecule has 0 unspecified atom stereocenters. The molecule has 0 bridgehead atoms. The summed E-state index contributed by atoms with van der Waals surface area (Å²) in [6, 6.07) is 7.50. The maximum atomic E-state index is 9.20. The molecule has 20 heavy (non-hydrogen) atoms. The van der Waals surface area contributed by atoms with Crippen LogP contribution in [0.5, 0.6) is 5.75 Å². The zero-order valence-corrected chi connectivity index (χ0v) is 13.0.